The van der Waals surface area contributed by atoms with Gasteiger partial charge in [-0.05, 0) is 43.7 Å². The number of pyridine rings is 2. The van der Waals surface area contributed by atoms with Gasteiger partial charge in [-0.1, -0.05) is 0 Å². The maximum absolute atomic E-state index is 11.9. The average Bonchev–Trinajstić information content (AvgIpc) is 2.34. The van der Waals surface area contributed by atoms with Crippen molar-refractivity contribution < 1.29 is 4.79 Å². The number of carbonyl (C=O) groups is 1. The van der Waals surface area contributed by atoms with Crippen molar-refractivity contribution in [1.82, 2.24) is 9.97 Å². The molecular weight excluding hydrogens is 226 g/mol. The molecule has 0 radical (unpaired) electrons. The van der Waals surface area contributed by atoms with Crippen molar-refractivity contribution >= 4 is 11.6 Å². The maximum atomic E-state index is 11.9. The van der Waals surface area contributed by atoms with E-state index in [2.05, 4.69) is 15.3 Å². The number of carbonyl (C=O) groups excluding carboxylic acids is 1. The Bertz CT molecular complexity index is 552. The molecule has 0 aliphatic carbocycles. The van der Waals surface area contributed by atoms with Crippen molar-refractivity contribution in [3.8, 4) is 0 Å². The molecule has 0 bridgehead atoms. The third kappa shape index (κ3) is 3.13. The standard InChI is InChI=1S/C14H15N3O/c1-10-3-4-13(11(2)16-10)17-14(18)9-12-5-7-15-8-6-12/h3-8H,9H2,1-2H3,(H,17,18). The van der Waals surface area contributed by atoms with Crippen molar-refractivity contribution in [3.05, 3.63) is 53.6 Å². The molecule has 0 atom stereocenters. The first-order chi connectivity index (χ1) is 8.65. The van der Waals surface area contributed by atoms with Crippen LogP contribution >= 0.6 is 0 Å². The Morgan fingerprint density at radius 1 is 1.17 bits per heavy atom. The first-order valence-corrected chi connectivity index (χ1v) is 5.78. The molecule has 1 N–H and O–H groups in total. The summed E-state index contributed by atoms with van der Waals surface area (Å²) in [6.45, 7) is 3.81. The minimum Gasteiger partial charge on any atom is -0.324 e. The summed E-state index contributed by atoms with van der Waals surface area (Å²) in [4.78, 5) is 20.1. The topological polar surface area (TPSA) is 54.9 Å². The first-order valence-electron chi connectivity index (χ1n) is 5.78. The van der Waals surface area contributed by atoms with Gasteiger partial charge in [0.1, 0.15) is 0 Å². The lowest BCUT2D eigenvalue weighted by Gasteiger charge is -2.08. The highest BCUT2D eigenvalue weighted by molar-refractivity contribution is 5.92. The highest BCUT2D eigenvalue weighted by Gasteiger charge is 2.06. The fourth-order valence-electron chi connectivity index (χ4n) is 1.70. The Morgan fingerprint density at radius 2 is 1.89 bits per heavy atom. The van der Waals surface area contributed by atoms with Crippen LogP contribution < -0.4 is 5.32 Å². The summed E-state index contributed by atoms with van der Waals surface area (Å²) in [5.74, 6) is -0.0463. The Balaban J connectivity index is 2.03. The second-order valence-electron chi connectivity index (χ2n) is 4.17. The van der Waals surface area contributed by atoms with E-state index in [0.717, 1.165) is 22.6 Å². The molecule has 2 rings (SSSR count). The summed E-state index contributed by atoms with van der Waals surface area (Å²) in [5, 5.41) is 2.86. The molecule has 92 valence electrons. The molecule has 0 aliphatic heterocycles. The highest BCUT2D eigenvalue weighted by Crippen LogP contribution is 2.13. The highest BCUT2D eigenvalue weighted by atomic mass is 16.1. The predicted octanol–water partition coefficient (Wildman–Crippen LogP) is 2.27. The van der Waals surface area contributed by atoms with Crippen LogP contribution in [0.25, 0.3) is 0 Å². The Labute approximate surface area is 106 Å². The second-order valence-corrected chi connectivity index (χ2v) is 4.17. The molecule has 18 heavy (non-hydrogen) atoms. The third-order valence-electron chi connectivity index (χ3n) is 2.61. The van der Waals surface area contributed by atoms with E-state index in [9.17, 15) is 4.79 Å². The van der Waals surface area contributed by atoms with Crippen molar-refractivity contribution in [3.63, 3.8) is 0 Å². The summed E-state index contributed by atoms with van der Waals surface area (Å²) in [5.41, 5.74) is 3.48. The number of nitrogens with one attached hydrogen (secondary N) is 1. The molecule has 0 fully saturated rings. The molecule has 0 spiro atoms. The van der Waals surface area contributed by atoms with Crippen molar-refractivity contribution in [1.29, 1.82) is 0 Å². The van der Waals surface area contributed by atoms with Gasteiger partial charge < -0.3 is 5.32 Å². The minimum absolute atomic E-state index is 0.0463. The van der Waals surface area contributed by atoms with Crippen LogP contribution in [-0.2, 0) is 11.2 Å². The molecule has 0 aromatic carbocycles. The maximum Gasteiger partial charge on any atom is 0.228 e. The number of hydrogen-bond acceptors (Lipinski definition) is 3. The number of aromatic nitrogens is 2. The lowest BCUT2D eigenvalue weighted by Crippen LogP contribution is -2.15. The molecule has 0 saturated heterocycles. The SMILES string of the molecule is Cc1ccc(NC(=O)Cc2ccncc2)c(C)n1. The average molecular weight is 241 g/mol. The van der Waals surface area contributed by atoms with E-state index in [1.165, 1.54) is 0 Å². The van der Waals surface area contributed by atoms with Gasteiger partial charge in [-0.25, -0.2) is 0 Å². The van der Waals surface area contributed by atoms with Gasteiger partial charge in [0.15, 0.2) is 0 Å². The van der Waals surface area contributed by atoms with Crippen LogP contribution in [0, 0.1) is 13.8 Å². The number of aryl methyl sites for hydroxylation is 2. The third-order valence-corrected chi connectivity index (χ3v) is 2.61. The van der Waals surface area contributed by atoms with Gasteiger partial charge in [0, 0.05) is 18.1 Å². The second kappa shape index (κ2) is 5.40. The van der Waals surface area contributed by atoms with E-state index in [1.807, 2.05) is 38.1 Å². The zero-order chi connectivity index (χ0) is 13.0. The minimum atomic E-state index is -0.0463. The lowest BCUT2D eigenvalue weighted by molar-refractivity contribution is -0.115. The molecule has 0 unspecified atom stereocenters. The first kappa shape index (κ1) is 12.2. The van der Waals surface area contributed by atoms with Crippen LogP contribution in [0.2, 0.25) is 0 Å². The van der Waals surface area contributed by atoms with Crippen LogP contribution in [0.3, 0.4) is 0 Å². The summed E-state index contributed by atoms with van der Waals surface area (Å²) in [7, 11) is 0. The molecule has 1 amide bonds. The molecular formula is C14H15N3O. The zero-order valence-electron chi connectivity index (χ0n) is 10.5. The molecule has 4 nitrogen and oxygen atoms in total. The number of amides is 1. The summed E-state index contributed by atoms with van der Waals surface area (Å²) in [6, 6.07) is 7.43. The molecule has 2 heterocycles. The van der Waals surface area contributed by atoms with E-state index >= 15 is 0 Å². The number of anilines is 1. The number of nitrogens with zero attached hydrogens (tertiary/aromatic N) is 2. The van der Waals surface area contributed by atoms with Gasteiger partial charge in [0.25, 0.3) is 0 Å². The van der Waals surface area contributed by atoms with E-state index in [0.29, 0.717) is 6.42 Å². The van der Waals surface area contributed by atoms with E-state index in [-0.39, 0.29) is 5.91 Å². The molecule has 4 heteroatoms. The summed E-state index contributed by atoms with van der Waals surface area (Å²) in [6.07, 6.45) is 3.71. The van der Waals surface area contributed by atoms with Crippen molar-refractivity contribution in [2.75, 3.05) is 5.32 Å². The van der Waals surface area contributed by atoms with Gasteiger partial charge in [-0.2, -0.15) is 0 Å². The fourth-order valence-corrected chi connectivity index (χ4v) is 1.70. The van der Waals surface area contributed by atoms with E-state index in [1.54, 1.807) is 12.4 Å². The van der Waals surface area contributed by atoms with E-state index in [4.69, 9.17) is 0 Å². The monoisotopic (exact) mass is 241 g/mol. The van der Waals surface area contributed by atoms with Crippen LogP contribution in [0.5, 0.6) is 0 Å². The zero-order valence-corrected chi connectivity index (χ0v) is 10.5. The van der Waals surface area contributed by atoms with Gasteiger partial charge in [0.2, 0.25) is 5.91 Å². The van der Waals surface area contributed by atoms with Gasteiger partial charge in [0.05, 0.1) is 17.8 Å². The number of hydrogen-bond donors (Lipinski definition) is 1. The van der Waals surface area contributed by atoms with Gasteiger partial charge in [-0.3, -0.25) is 14.8 Å². The van der Waals surface area contributed by atoms with Crippen LogP contribution in [-0.4, -0.2) is 15.9 Å². The number of rotatable bonds is 3. The van der Waals surface area contributed by atoms with Crippen LogP contribution in [0.1, 0.15) is 17.0 Å². The Kier molecular flexibility index (Phi) is 3.67. The van der Waals surface area contributed by atoms with Crippen LogP contribution in [0.15, 0.2) is 36.7 Å². The Hall–Kier alpha value is -2.23. The summed E-state index contributed by atoms with van der Waals surface area (Å²) < 4.78 is 0. The molecule has 2 aromatic heterocycles. The fraction of sp³-hybridized carbons (Fsp3) is 0.214. The predicted molar refractivity (Wildman–Crippen MR) is 70.3 cm³/mol. The van der Waals surface area contributed by atoms with Crippen molar-refractivity contribution in [2.45, 2.75) is 20.3 Å². The largest absolute Gasteiger partial charge is 0.324 e. The van der Waals surface area contributed by atoms with Crippen LogP contribution in [0.4, 0.5) is 5.69 Å². The van der Waals surface area contributed by atoms with Gasteiger partial charge in [-0.15, -0.1) is 0 Å². The molecule has 0 aliphatic rings. The van der Waals surface area contributed by atoms with Crippen molar-refractivity contribution in [2.24, 2.45) is 0 Å². The van der Waals surface area contributed by atoms with E-state index < -0.39 is 0 Å². The summed E-state index contributed by atoms with van der Waals surface area (Å²) >= 11 is 0. The normalized spacial score (nSPS) is 10.1. The van der Waals surface area contributed by atoms with Gasteiger partial charge >= 0.3 is 0 Å². The smallest absolute Gasteiger partial charge is 0.228 e. The Morgan fingerprint density at radius 3 is 2.56 bits per heavy atom. The quantitative estimate of drug-likeness (QED) is 0.896. The lowest BCUT2D eigenvalue weighted by atomic mass is 10.2. The molecule has 2 aromatic rings. The molecule has 0 saturated carbocycles.